The molecule has 0 aliphatic carbocycles. The minimum Gasteiger partial charge on any atom is -0.377 e. The molecule has 0 aromatic carbocycles. The van der Waals surface area contributed by atoms with Crippen molar-refractivity contribution in [2.24, 2.45) is 21.1 Å². The summed E-state index contributed by atoms with van der Waals surface area (Å²) < 4.78 is 4.20. The lowest BCUT2D eigenvalue weighted by Crippen LogP contribution is -2.38. The number of nitrogens with zero attached hydrogens (tertiary/aromatic N) is 4. The summed E-state index contributed by atoms with van der Waals surface area (Å²) in [5.41, 5.74) is 0.837. The summed E-state index contributed by atoms with van der Waals surface area (Å²) in [6, 6.07) is 1.45. The van der Waals surface area contributed by atoms with Gasteiger partial charge in [-0.1, -0.05) is 0 Å². The molecule has 0 unspecified atom stereocenters. The average Bonchev–Trinajstić information content (AvgIpc) is 2.75. The van der Waals surface area contributed by atoms with Crippen molar-refractivity contribution in [2.75, 3.05) is 5.32 Å². The predicted molar refractivity (Wildman–Crippen MR) is 67.5 cm³/mol. The van der Waals surface area contributed by atoms with Crippen molar-refractivity contribution in [3.05, 3.63) is 45.0 Å². The van der Waals surface area contributed by atoms with Gasteiger partial charge < -0.3 is 5.32 Å². The molecular formula is C11H15N5O2. The van der Waals surface area contributed by atoms with E-state index in [-0.39, 0.29) is 11.2 Å². The molecule has 2 heterocycles. The van der Waals surface area contributed by atoms with E-state index in [2.05, 4.69) is 10.4 Å². The normalized spacial score (nSPS) is 10.6. The van der Waals surface area contributed by atoms with Crippen LogP contribution in [-0.4, -0.2) is 18.9 Å². The Labute approximate surface area is 103 Å². The molecule has 0 amide bonds. The molecule has 1 N–H and O–H groups in total. The van der Waals surface area contributed by atoms with Gasteiger partial charge in [0.1, 0.15) is 0 Å². The van der Waals surface area contributed by atoms with E-state index in [0.29, 0.717) is 12.2 Å². The van der Waals surface area contributed by atoms with Gasteiger partial charge in [-0.05, 0) is 0 Å². The van der Waals surface area contributed by atoms with Gasteiger partial charge in [0, 0.05) is 39.1 Å². The van der Waals surface area contributed by atoms with Crippen molar-refractivity contribution in [1.29, 1.82) is 0 Å². The summed E-state index contributed by atoms with van der Waals surface area (Å²) in [6.45, 7) is 0.396. The van der Waals surface area contributed by atoms with E-state index in [1.165, 1.54) is 17.7 Å². The van der Waals surface area contributed by atoms with E-state index in [1.807, 2.05) is 13.2 Å². The fraction of sp³-hybridized carbons (Fsp3) is 0.364. The van der Waals surface area contributed by atoms with Gasteiger partial charge in [0.05, 0.1) is 18.4 Å². The van der Waals surface area contributed by atoms with Crippen molar-refractivity contribution in [3.8, 4) is 0 Å². The maximum atomic E-state index is 11.7. The largest absolute Gasteiger partial charge is 0.377 e. The SMILES string of the molecule is Cn1cc(NCc2cc(=O)n(C)c(=O)n2C)cn1. The van der Waals surface area contributed by atoms with Gasteiger partial charge in [-0.2, -0.15) is 5.10 Å². The van der Waals surface area contributed by atoms with Gasteiger partial charge in [0.15, 0.2) is 0 Å². The number of aryl methyl sites for hydroxylation is 1. The summed E-state index contributed by atoms with van der Waals surface area (Å²) in [5, 5.41) is 7.13. The summed E-state index contributed by atoms with van der Waals surface area (Å²) in [6.07, 6.45) is 3.50. The molecule has 2 aromatic heterocycles. The van der Waals surface area contributed by atoms with Crippen LogP contribution in [0.25, 0.3) is 0 Å². The maximum Gasteiger partial charge on any atom is 0.330 e. The Balaban J connectivity index is 2.25. The highest BCUT2D eigenvalue weighted by Gasteiger charge is 2.05. The average molecular weight is 249 g/mol. The van der Waals surface area contributed by atoms with Gasteiger partial charge in [-0.25, -0.2) is 4.79 Å². The van der Waals surface area contributed by atoms with Crippen LogP contribution in [0.15, 0.2) is 28.0 Å². The molecule has 0 aliphatic rings. The Morgan fingerprint density at radius 2 is 1.94 bits per heavy atom. The summed E-state index contributed by atoms with van der Waals surface area (Å²) in [7, 11) is 4.92. The second kappa shape index (κ2) is 4.52. The lowest BCUT2D eigenvalue weighted by atomic mass is 10.3. The van der Waals surface area contributed by atoms with Crippen molar-refractivity contribution >= 4 is 5.69 Å². The van der Waals surface area contributed by atoms with Crippen molar-refractivity contribution in [3.63, 3.8) is 0 Å². The third-order valence-corrected chi connectivity index (χ3v) is 2.80. The number of aromatic nitrogens is 4. The number of hydrogen-bond acceptors (Lipinski definition) is 4. The van der Waals surface area contributed by atoms with E-state index in [4.69, 9.17) is 0 Å². The van der Waals surface area contributed by atoms with Gasteiger partial charge in [0.25, 0.3) is 5.56 Å². The minimum atomic E-state index is -0.328. The van der Waals surface area contributed by atoms with Crippen LogP contribution in [0.1, 0.15) is 5.69 Å². The molecule has 96 valence electrons. The third kappa shape index (κ3) is 2.20. The zero-order valence-corrected chi connectivity index (χ0v) is 10.5. The zero-order chi connectivity index (χ0) is 13.3. The highest BCUT2D eigenvalue weighted by atomic mass is 16.2. The smallest absolute Gasteiger partial charge is 0.330 e. The van der Waals surface area contributed by atoms with Crippen molar-refractivity contribution in [2.45, 2.75) is 6.54 Å². The number of rotatable bonds is 3. The molecule has 0 saturated heterocycles. The van der Waals surface area contributed by atoms with Gasteiger partial charge in [-0.3, -0.25) is 18.6 Å². The second-order valence-corrected chi connectivity index (χ2v) is 4.13. The van der Waals surface area contributed by atoms with E-state index in [9.17, 15) is 9.59 Å². The summed E-state index contributed by atoms with van der Waals surface area (Å²) in [4.78, 5) is 23.2. The fourth-order valence-electron chi connectivity index (χ4n) is 1.65. The Kier molecular flexibility index (Phi) is 3.05. The Morgan fingerprint density at radius 1 is 1.22 bits per heavy atom. The molecular weight excluding hydrogens is 234 g/mol. The summed E-state index contributed by atoms with van der Waals surface area (Å²) >= 11 is 0. The summed E-state index contributed by atoms with van der Waals surface area (Å²) in [5.74, 6) is 0. The van der Waals surface area contributed by atoms with Crippen molar-refractivity contribution in [1.82, 2.24) is 18.9 Å². The Bertz CT molecular complexity index is 679. The molecule has 18 heavy (non-hydrogen) atoms. The molecule has 7 nitrogen and oxygen atoms in total. The zero-order valence-electron chi connectivity index (χ0n) is 10.5. The first kappa shape index (κ1) is 12.2. The van der Waals surface area contributed by atoms with Crippen LogP contribution in [0.5, 0.6) is 0 Å². The van der Waals surface area contributed by atoms with Crippen LogP contribution >= 0.6 is 0 Å². The van der Waals surface area contributed by atoms with Crippen molar-refractivity contribution < 1.29 is 0 Å². The van der Waals surface area contributed by atoms with Gasteiger partial charge in [-0.15, -0.1) is 0 Å². The fourth-order valence-corrected chi connectivity index (χ4v) is 1.65. The van der Waals surface area contributed by atoms with E-state index in [0.717, 1.165) is 10.3 Å². The molecule has 2 aromatic rings. The quantitative estimate of drug-likeness (QED) is 0.790. The highest BCUT2D eigenvalue weighted by Crippen LogP contribution is 2.05. The first-order chi connectivity index (χ1) is 8.49. The first-order valence-corrected chi connectivity index (χ1v) is 5.47. The molecule has 0 aliphatic heterocycles. The monoisotopic (exact) mass is 249 g/mol. The predicted octanol–water partition coefficient (Wildman–Crippen LogP) is -0.570. The standard InChI is InChI=1S/C11H15N5O2/c1-14-7-8(5-13-14)12-6-9-4-10(17)16(3)11(18)15(9)2/h4-5,7,12H,6H2,1-3H3. The van der Waals surface area contributed by atoms with Crippen LogP contribution in [0.3, 0.4) is 0 Å². The molecule has 0 saturated carbocycles. The molecule has 0 atom stereocenters. The maximum absolute atomic E-state index is 11.7. The van der Waals surface area contributed by atoms with E-state index < -0.39 is 0 Å². The van der Waals surface area contributed by atoms with Crippen LogP contribution < -0.4 is 16.6 Å². The van der Waals surface area contributed by atoms with Gasteiger partial charge in [0.2, 0.25) is 0 Å². The van der Waals surface area contributed by atoms with Crippen LogP contribution in [0, 0.1) is 0 Å². The van der Waals surface area contributed by atoms with Gasteiger partial charge >= 0.3 is 5.69 Å². The number of nitrogens with one attached hydrogen (secondary N) is 1. The lowest BCUT2D eigenvalue weighted by Gasteiger charge is -2.09. The van der Waals surface area contributed by atoms with Crippen LogP contribution in [0.2, 0.25) is 0 Å². The molecule has 7 heteroatoms. The molecule has 0 fully saturated rings. The second-order valence-electron chi connectivity index (χ2n) is 4.13. The molecule has 0 spiro atoms. The highest BCUT2D eigenvalue weighted by molar-refractivity contribution is 5.38. The van der Waals surface area contributed by atoms with E-state index >= 15 is 0 Å². The first-order valence-electron chi connectivity index (χ1n) is 5.47. The van der Waals surface area contributed by atoms with Crippen LogP contribution in [-0.2, 0) is 27.7 Å². The third-order valence-electron chi connectivity index (χ3n) is 2.80. The molecule has 0 radical (unpaired) electrons. The Morgan fingerprint density at radius 3 is 2.56 bits per heavy atom. The minimum absolute atomic E-state index is 0.305. The topological polar surface area (TPSA) is 73.8 Å². The molecule has 2 rings (SSSR count). The number of anilines is 1. The van der Waals surface area contributed by atoms with E-state index in [1.54, 1.807) is 17.9 Å². The Hall–Kier alpha value is -2.31. The van der Waals surface area contributed by atoms with Crippen LogP contribution in [0.4, 0.5) is 5.69 Å². The number of hydrogen-bond donors (Lipinski definition) is 1. The lowest BCUT2D eigenvalue weighted by molar-refractivity contribution is 0.655. The molecule has 0 bridgehead atoms.